The maximum absolute atomic E-state index is 12.6. The zero-order valence-electron chi connectivity index (χ0n) is 13.9. The molecule has 1 saturated heterocycles. The Kier molecular flexibility index (Phi) is 2.45. The third kappa shape index (κ3) is 1.51. The smallest absolute Gasteiger partial charge is 0.196 e. The summed E-state index contributed by atoms with van der Waals surface area (Å²) in [6, 6.07) is 3.56. The standard InChI is InChI=1S/C20H21NO4/c22-13-4-3-12-9-15-20(24)6-5-14(23)18-19(20,16(12)17(13)25-18)7-8-21(15)10-11-1-2-11/h3-6,11,15,18,22,24H,1-2,7-10H2/t15?,18-,19?,20+/m0/s1. The summed E-state index contributed by atoms with van der Waals surface area (Å²) in [4.78, 5) is 15.0. The van der Waals surface area contributed by atoms with Crippen molar-refractivity contribution in [1.82, 2.24) is 4.90 Å². The maximum atomic E-state index is 12.6. The average Bonchev–Trinajstić information content (AvgIpc) is 3.32. The highest BCUT2D eigenvalue weighted by molar-refractivity contribution is 5.99. The maximum Gasteiger partial charge on any atom is 0.196 e. The normalized spacial score (nSPS) is 40.8. The Labute approximate surface area is 145 Å². The van der Waals surface area contributed by atoms with Gasteiger partial charge >= 0.3 is 0 Å². The van der Waals surface area contributed by atoms with Crippen LogP contribution in [0.2, 0.25) is 0 Å². The second kappa shape index (κ2) is 4.27. The number of aliphatic hydroxyl groups is 1. The number of carbonyl (C=O) groups is 1. The van der Waals surface area contributed by atoms with E-state index < -0.39 is 17.1 Å². The lowest BCUT2D eigenvalue weighted by Gasteiger charge is -2.60. The lowest BCUT2D eigenvalue weighted by molar-refractivity contribution is -0.155. The predicted molar refractivity (Wildman–Crippen MR) is 89.7 cm³/mol. The molecule has 25 heavy (non-hydrogen) atoms. The monoisotopic (exact) mass is 339 g/mol. The molecule has 2 unspecified atom stereocenters. The first-order valence-corrected chi connectivity index (χ1v) is 9.26. The van der Waals surface area contributed by atoms with Crippen molar-refractivity contribution in [3.63, 3.8) is 0 Å². The molecule has 3 aliphatic carbocycles. The third-order valence-electron chi connectivity index (χ3n) is 7.17. The van der Waals surface area contributed by atoms with Gasteiger partial charge in [-0.25, -0.2) is 0 Å². The summed E-state index contributed by atoms with van der Waals surface area (Å²) in [6.45, 7) is 1.88. The number of piperidine rings is 1. The molecule has 4 atom stereocenters. The number of ether oxygens (including phenoxy) is 1. The first-order chi connectivity index (χ1) is 12.0. The molecular weight excluding hydrogens is 318 g/mol. The van der Waals surface area contributed by atoms with Crippen molar-refractivity contribution in [3.05, 3.63) is 35.4 Å². The van der Waals surface area contributed by atoms with Crippen LogP contribution in [0.15, 0.2) is 24.3 Å². The Balaban J connectivity index is 1.60. The number of likely N-dealkylation sites (tertiary alicyclic amines) is 1. The van der Waals surface area contributed by atoms with E-state index in [1.807, 2.05) is 6.07 Å². The van der Waals surface area contributed by atoms with Gasteiger partial charge in [-0.15, -0.1) is 0 Å². The molecule has 1 spiro atoms. The summed E-state index contributed by atoms with van der Waals surface area (Å²) in [6.07, 6.45) is 6.45. The Hall–Kier alpha value is -1.85. The van der Waals surface area contributed by atoms with Crippen molar-refractivity contribution >= 4 is 5.78 Å². The largest absolute Gasteiger partial charge is 0.504 e. The lowest BCUT2D eigenvalue weighted by Crippen LogP contribution is -2.75. The van der Waals surface area contributed by atoms with Gasteiger partial charge in [-0.2, -0.15) is 0 Å². The summed E-state index contributed by atoms with van der Waals surface area (Å²) < 4.78 is 5.99. The van der Waals surface area contributed by atoms with Crippen LogP contribution in [0.5, 0.6) is 11.5 Å². The number of nitrogens with zero attached hydrogens (tertiary/aromatic N) is 1. The molecule has 2 heterocycles. The van der Waals surface area contributed by atoms with Crippen molar-refractivity contribution < 1.29 is 19.7 Å². The van der Waals surface area contributed by atoms with Gasteiger partial charge in [-0.05, 0) is 61.9 Å². The summed E-state index contributed by atoms with van der Waals surface area (Å²) in [5, 5.41) is 22.2. The SMILES string of the molecule is O=C1C=C[C@@]2(O)C3Cc4ccc(O)c5c4C2(CCN3CC2CC2)[C@H]1O5. The molecule has 2 bridgehead atoms. The Morgan fingerprint density at radius 1 is 1.32 bits per heavy atom. The number of hydrogen-bond acceptors (Lipinski definition) is 5. The molecule has 2 N–H and O–H groups in total. The van der Waals surface area contributed by atoms with Crippen LogP contribution >= 0.6 is 0 Å². The molecule has 0 radical (unpaired) electrons. The molecule has 5 heteroatoms. The van der Waals surface area contributed by atoms with E-state index in [-0.39, 0.29) is 17.6 Å². The Morgan fingerprint density at radius 2 is 2.16 bits per heavy atom. The number of ketones is 1. The van der Waals surface area contributed by atoms with Gasteiger partial charge in [-0.1, -0.05) is 6.07 Å². The summed E-state index contributed by atoms with van der Waals surface area (Å²) >= 11 is 0. The second-order valence-corrected chi connectivity index (χ2v) is 8.39. The first kappa shape index (κ1) is 14.3. The number of phenols is 1. The first-order valence-electron chi connectivity index (χ1n) is 9.26. The molecule has 2 aliphatic heterocycles. The van der Waals surface area contributed by atoms with Gasteiger partial charge in [0.1, 0.15) is 5.60 Å². The van der Waals surface area contributed by atoms with E-state index >= 15 is 0 Å². The van der Waals surface area contributed by atoms with E-state index in [0.29, 0.717) is 12.2 Å². The molecule has 5 nitrogen and oxygen atoms in total. The van der Waals surface area contributed by atoms with Gasteiger partial charge in [-0.3, -0.25) is 9.69 Å². The Morgan fingerprint density at radius 3 is 2.96 bits per heavy atom. The average molecular weight is 339 g/mol. The second-order valence-electron chi connectivity index (χ2n) is 8.39. The minimum Gasteiger partial charge on any atom is -0.504 e. The number of benzene rings is 1. The van der Waals surface area contributed by atoms with E-state index in [4.69, 9.17) is 4.74 Å². The fourth-order valence-electron chi connectivity index (χ4n) is 5.86. The zero-order chi connectivity index (χ0) is 17.0. The van der Waals surface area contributed by atoms with Gasteiger partial charge in [0.2, 0.25) is 0 Å². The topological polar surface area (TPSA) is 70.0 Å². The quantitative estimate of drug-likeness (QED) is 0.850. The van der Waals surface area contributed by atoms with Crippen molar-refractivity contribution in [2.45, 2.75) is 48.8 Å². The summed E-state index contributed by atoms with van der Waals surface area (Å²) in [5.74, 6) is 1.12. The van der Waals surface area contributed by atoms with Gasteiger partial charge in [0, 0.05) is 18.2 Å². The number of carbonyl (C=O) groups excluding carboxylic acids is 1. The highest BCUT2D eigenvalue weighted by Crippen LogP contribution is 2.63. The van der Waals surface area contributed by atoms with Crippen molar-refractivity contribution in [2.75, 3.05) is 13.1 Å². The molecule has 1 aromatic carbocycles. The van der Waals surface area contributed by atoms with Crippen LogP contribution in [0.4, 0.5) is 0 Å². The van der Waals surface area contributed by atoms with E-state index in [1.165, 1.54) is 18.9 Å². The van der Waals surface area contributed by atoms with Crippen LogP contribution < -0.4 is 4.74 Å². The number of phenolic OH excluding ortho intramolecular Hbond substituents is 1. The summed E-state index contributed by atoms with van der Waals surface area (Å²) in [7, 11) is 0. The fourth-order valence-corrected chi connectivity index (χ4v) is 5.86. The highest BCUT2D eigenvalue weighted by Gasteiger charge is 2.72. The predicted octanol–water partition coefficient (Wildman–Crippen LogP) is 1.30. The minimum atomic E-state index is -1.12. The summed E-state index contributed by atoms with van der Waals surface area (Å²) in [5.41, 5.74) is 0.101. The van der Waals surface area contributed by atoms with Crippen LogP contribution in [0.25, 0.3) is 0 Å². The van der Waals surface area contributed by atoms with E-state index in [2.05, 4.69) is 4.90 Å². The van der Waals surface area contributed by atoms with Crippen LogP contribution in [0, 0.1) is 5.92 Å². The third-order valence-corrected chi connectivity index (χ3v) is 7.17. The Bertz CT molecular complexity index is 844. The van der Waals surface area contributed by atoms with E-state index in [9.17, 15) is 15.0 Å². The van der Waals surface area contributed by atoms with Gasteiger partial charge in [0.25, 0.3) is 0 Å². The lowest BCUT2D eigenvalue weighted by atomic mass is 9.51. The molecule has 0 amide bonds. The van der Waals surface area contributed by atoms with E-state index in [1.54, 1.807) is 12.1 Å². The highest BCUT2D eigenvalue weighted by atomic mass is 16.5. The molecule has 2 fully saturated rings. The van der Waals surface area contributed by atoms with Crippen LogP contribution in [0.3, 0.4) is 0 Å². The number of rotatable bonds is 2. The van der Waals surface area contributed by atoms with Crippen LogP contribution in [0.1, 0.15) is 30.4 Å². The molecule has 1 saturated carbocycles. The molecule has 6 rings (SSSR count). The molecule has 5 aliphatic rings. The van der Waals surface area contributed by atoms with Crippen molar-refractivity contribution in [3.8, 4) is 11.5 Å². The van der Waals surface area contributed by atoms with Crippen LogP contribution in [-0.4, -0.2) is 51.7 Å². The molecule has 0 aromatic heterocycles. The van der Waals surface area contributed by atoms with Crippen molar-refractivity contribution in [2.24, 2.45) is 5.92 Å². The number of aromatic hydroxyl groups is 1. The molecule has 1 aromatic rings. The van der Waals surface area contributed by atoms with Gasteiger partial charge in [0.05, 0.1) is 5.41 Å². The van der Waals surface area contributed by atoms with Crippen LogP contribution in [-0.2, 0) is 16.6 Å². The molecule has 130 valence electrons. The zero-order valence-corrected chi connectivity index (χ0v) is 13.9. The van der Waals surface area contributed by atoms with E-state index in [0.717, 1.165) is 36.6 Å². The van der Waals surface area contributed by atoms with Gasteiger partial charge < -0.3 is 14.9 Å². The van der Waals surface area contributed by atoms with Crippen molar-refractivity contribution in [1.29, 1.82) is 0 Å². The minimum absolute atomic E-state index is 0.0414. The fraction of sp³-hybridized carbons (Fsp3) is 0.550. The van der Waals surface area contributed by atoms with Gasteiger partial charge in [0.15, 0.2) is 23.4 Å². The molecular formula is C20H21NO4. The number of hydrogen-bond donors (Lipinski definition) is 2.